The van der Waals surface area contributed by atoms with Crippen LogP contribution < -0.4 is 4.74 Å². The third-order valence-electron chi connectivity index (χ3n) is 4.44. The van der Waals surface area contributed by atoms with Crippen molar-refractivity contribution in [2.45, 2.75) is 45.0 Å². The Morgan fingerprint density at radius 2 is 2.32 bits per heavy atom. The van der Waals surface area contributed by atoms with E-state index in [0.717, 1.165) is 34.5 Å². The molecule has 25 heavy (non-hydrogen) atoms. The van der Waals surface area contributed by atoms with Crippen LogP contribution in [-0.2, 0) is 22.3 Å². The summed E-state index contributed by atoms with van der Waals surface area (Å²) in [6, 6.07) is 8.11. The van der Waals surface area contributed by atoms with Crippen molar-refractivity contribution in [3.63, 3.8) is 0 Å². The molecule has 0 amide bonds. The maximum Gasteiger partial charge on any atom is 0.164 e. The molecule has 0 radical (unpaired) electrons. The highest BCUT2D eigenvalue weighted by molar-refractivity contribution is 5.84. The lowest BCUT2D eigenvalue weighted by Gasteiger charge is -2.32. The first-order valence-corrected chi connectivity index (χ1v) is 8.59. The zero-order valence-corrected chi connectivity index (χ0v) is 14.7. The van der Waals surface area contributed by atoms with Crippen LogP contribution in [0, 0.1) is 11.3 Å². The number of rotatable bonds is 7. The fourth-order valence-corrected chi connectivity index (χ4v) is 3.32. The minimum Gasteiger partial charge on any atom is -0.490 e. The second-order valence-corrected chi connectivity index (χ2v) is 6.19. The van der Waals surface area contributed by atoms with Gasteiger partial charge in [0.1, 0.15) is 23.7 Å². The second-order valence-electron chi connectivity index (χ2n) is 6.19. The van der Waals surface area contributed by atoms with Crippen molar-refractivity contribution < 1.29 is 18.6 Å². The normalized spacial score (nSPS) is 20.7. The number of hydrogen-bond acceptors (Lipinski definition) is 5. The zero-order chi connectivity index (χ0) is 17.9. The molecule has 132 valence electrons. The summed E-state index contributed by atoms with van der Waals surface area (Å²) in [5.74, 6) is 1.60. The average Bonchev–Trinajstić information content (AvgIpc) is 2.96. The molecule has 0 saturated carbocycles. The van der Waals surface area contributed by atoms with Crippen LogP contribution in [0.4, 0.5) is 0 Å². The van der Waals surface area contributed by atoms with Crippen LogP contribution >= 0.6 is 0 Å². The van der Waals surface area contributed by atoms with E-state index >= 15 is 0 Å². The molecule has 5 heteroatoms. The molecule has 1 aromatic heterocycles. The lowest BCUT2D eigenvalue weighted by molar-refractivity contribution is -0.185. The van der Waals surface area contributed by atoms with E-state index in [1.807, 2.05) is 32.0 Å². The van der Waals surface area contributed by atoms with Gasteiger partial charge in [-0.15, -0.1) is 0 Å². The minimum atomic E-state index is -0.905. The number of ether oxygens (including phenoxy) is 3. The first-order valence-electron chi connectivity index (χ1n) is 8.59. The number of nitriles is 1. The fraction of sp³-hybridized carbons (Fsp3) is 0.450. The van der Waals surface area contributed by atoms with Crippen LogP contribution in [0.25, 0.3) is 11.0 Å². The van der Waals surface area contributed by atoms with Gasteiger partial charge >= 0.3 is 0 Å². The van der Waals surface area contributed by atoms with Crippen molar-refractivity contribution in [1.29, 1.82) is 5.26 Å². The molecule has 0 N–H and O–H groups in total. The second kappa shape index (κ2) is 7.30. The van der Waals surface area contributed by atoms with Gasteiger partial charge in [0.15, 0.2) is 11.9 Å². The molecule has 1 aliphatic rings. The molecule has 0 aliphatic heterocycles. The van der Waals surface area contributed by atoms with Crippen LogP contribution in [0.5, 0.6) is 5.75 Å². The third-order valence-corrected chi connectivity index (χ3v) is 4.44. The van der Waals surface area contributed by atoms with Crippen molar-refractivity contribution in [2.75, 3.05) is 13.2 Å². The summed E-state index contributed by atoms with van der Waals surface area (Å²) in [6.45, 7) is 8.40. The van der Waals surface area contributed by atoms with Crippen LogP contribution in [0.2, 0.25) is 0 Å². The highest BCUT2D eigenvalue weighted by atomic mass is 16.7. The number of hydrogen-bond donors (Lipinski definition) is 0. The molecule has 5 nitrogen and oxygen atoms in total. The van der Waals surface area contributed by atoms with Crippen molar-refractivity contribution in [1.82, 2.24) is 0 Å². The van der Waals surface area contributed by atoms with Gasteiger partial charge in [-0.1, -0.05) is 12.7 Å². The Bertz CT molecular complexity index is 804. The molecular weight excluding hydrogens is 318 g/mol. The third kappa shape index (κ3) is 3.55. The lowest BCUT2D eigenvalue weighted by atomic mass is 9.84. The van der Waals surface area contributed by atoms with Crippen molar-refractivity contribution in [3.8, 4) is 11.8 Å². The molecule has 1 aromatic carbocycles. The topological polar surface area (TPSA) is 64.6 Å². The van der Waals surface area contributed by atoms with E-state index < -0.39 is 11.9 Å². The van der Waals surface area contributed by atoms with Gasteiger partial charge in [-0.25, -0.2) is 0 Å². The molecule has 0 spiro atoms. The maximum absolute atomic E-state index is 9.70. The van der Waals surface area contributed by atoms with Crippen molar-refractivity contribution >= 4 is 11.0 Å². The van der Waals surface area contributed by atoms with Gasteiger partial charge in [-0.2, -0.15) is 5.26 Å². The summed E-state index contributed by atoms with van der Waals surface area (Å²) in [5, 5.41) is 10.7. The fourth-order valence-electron chi connectivity index (χ4n) is 3.32. The largest absolute Gasteiger partial charge is 0.490 e. The van der Waals surface area contributed by atoms with Crippen LogP contribution in [0.1, 0.15) is 31.6 Å². The zero-order valence-electron chi connectivity index (χ0n) is 14.7. The molecule has 2 atom stereocenters. The van der Waals surface area contributed by atoms with E-state index in [2.05, 4.69) is 12.6 Å². The first-order chi connectivity index (χ1) is 12.1. The Morgan fingerprint density at radius 3 is 3.04 bits per heavy atom. The molecular formula is C20H23NO4. The molecule has 2 unspecified atom stereocenters. The number of benzene rings is 1. The quantitative estimate of drug-likeness (QED) is 0.559. The van der Waals surface area contributed by atoms with E-state index in [1.54, 1.807) is 6.08 Å². The molecule has 1 heterocycles. The molecule has 0 bridgehead atoms. The van der Waals surface area contributed by atoms with Crippen LogP contribution in [0.15, 0.2) is 35.3 Å². The van der Waals surface area contributed by atoms with Gasteiger partial charge in [0.05, 0.1) is 6.07 Å². The number of nitrogens with zero attached hydrogens (tertiary/aromatic N) is 1. The highest BCUT2D eigenvalue weighted by Gasteiger charge is 2.40. The SMILES string of the molecule is C=CCOc1ccc2oc3c(c2c1)CCC(C#N)(OC(C)OCC)C3. The van der Waals surface area contributed by atoms with Gasteiger partial charge in [0.2, 0.25) is 0 Å². The summed E-state index contributed by atoms with van der Waals surface area (Å²) in [6.07, 6.45) is 3.05. The predicted molar refractivity (Wildman–Crippen MR) is 94.4 cm³/mol. The smallest absolute Gasteiger partial charge is 0.164 e. The summed E-state index contributed by atoms with van der Waals surface area (Å²) < 4.78 is 23.0. The number of furan rings is 1. The number of fused-ring (bicyclic) bond motifs is 3. The Labute approximate surface area is 147 Å². The van der Waals surface area contributed by atoms with Crippen molar-refractivity contribution in [2.24, 2.45) is 0 Å². The Kier molecular flexibility index (Phi) is 5.12. The predicted octanol–water partition coefficient (Wildman–Crippen LogP) is 4.15. The van der Waals surface area contributed by atoms with E-state index in [9.17, 15) is 5.26 Å². The van der Waals surface area contributed by atoms with E-state index in [0.29, 0.717) is 26.1 Å². The molecule has 1 aliphatic carbocycles. The summed E-state index contributed by atoms with van der Waals surface area (Å²) >= 11 is 0. The van der Waals surface area contributed by atoms with E-state index in [-0.39, 0.29) is 0 Å². The van der Waals surface area contributed by atoms with Gasteiger partial charge < -0.3 is 18.6 Å². The van der Waals surface area contributed by atoms with Gasteiger partial charge in [-0.3, -0.25) is 0 Å². The lowest BCUT2D eigenvalue weighted by Crippen LogP contribution is -2.40. The van der Waals surface area contributed by atoms with Crippen molar-refractivity contribution in [3.05, 3.63) is 42.2 Å². The van der Waals surface area contributed by atoms with Crippen LogP contribution in [0.3, 0.4) is 0 Å². The molecule has 3 rings (SSSR count). The standard InChI is InChI=1S/C20H23NO4/c1-4-10-23-15-6-7-18-17(11-15)16-8-9-20(13-21,12-19(16)24-18)25-14(3)22-5-2/h4,6-7,11,14H,1,5,8-10,12H2,2-3H3. The maximum atomic E-state index is 9.70. The Morgan fingerprint density at radius 1 is 1.48 bits per heavy atom. The molecule has 2 aromatic rings. The summed E-state index contributed by atoms with van der Waals surface area (Å²) in [4.78, 5) is 0. The average molecular weight is 341 g/mol. The summed E-state index contributed by atoms with van der Waals surface area (Å²) in [5.41, 5.74) is 1.04. The van der Waals surface area contributed by atoms with E-state index in [1.165, 1.54) is 0 Å². The summed E-state index contributed by atoms with van der Waals surface area (Å²) in [7, 11) is 0. The Hall–Kier alpha value is -2.29. The van der Waals surface area contributed by atoms with Gasteiger partial charge in [0.25, 0.3) is 0 Å². The van der Waals surface area contributed by atoms with Crippen LogP contribution in [-0.4, -0.2) is 25.1 Å². The first kappa shape index (κ1) is 17.5. The molecule has 0 saturated heterocycles. The minimum absolute atomic E-state index is 0.422. The highest BCUT2D eigenvalue weighted by Crippen LogP contribution is 2.39. The monoisotopic (exact) mass is 341 g/mol. The van der Waals surface area contributed by atoms with Gasteiger partial charge in [-0.05, 0) is 44.9 Å². The van der Waals surface area contributed by atoms with E-state index in [4.69, 9.17) is 18.6 Å². The Balaban J connectivity index is 1.88. The van der Waals surface area contributed by atoms with Gasteiger partial charge in [0, 0.05) is 24.0 Å². The number of aryl methyl sites for hydroxylation is 1. The molecule has 0 fully saturated rings.